The summed E-state index contributed by atoms with van der Waals surface area (Å²) in [7, 11) is 0. The molecule has 0 radical (unpaired) electrons. The third kappa shape index (κ3) is 6.13. The number of halogens is 2. The third-order valence-corrected chi connectivity index (χ3v) is 8.63. The second-order valence-electron chi connectivity index (χ2n) is 11.6. The van der Waals surface area contributed by atoms with Crippen LogP contribution in [-0.2, 0) is 22.6 Å². The van der Waals surface area contributed by atoms with Gasteiger partial charge < -0.3 is 10.4 Å². The average molecular weight is 519 g/mol. The Bertz CT molecular complexity index is 1090. The molecule has 0 atom stereocenters. The van der Waals surface area contributed by atoms with Crippen molar-refractivity contribution in [2.24, 2.45) is 11.8 Å². The second kappa shape index (κ2) is 10.2. The van der Waals surface area contributed by atoms with Crippen molar-refractivity contribution in [3.63, 3.8) is 0 Å². The Morgan fingerprint density at radius 1 is 1.06 bits per heavy atom. The van der Waals surface area contributed by atoms with Crippen LogP contribution in [0.1, 0.15) is 99.3 Å². The van der Waals surface area contributed by atoms with Gasteiger partial charge in [0, 0.05) is 18.5 Å². The van der Waals surface area contributed by atoms with E-state index in [1.165, 1.54) is 36.7 Å². The molecule has 196 valence electrons. The molecule has 2 aliphatic rings. The monoisotopic (exact) mass is 518 g/mol. The van der Waals surface area contributed by atoms with Crippen LogP contribution in [0.2, 0.25) is 0 Å². The van der Waals surface area contributed by atoms with Crippen LogP contribution in [0.25, 0.3) is 10.4 Å². The molecule has 8 heteroatoms. The largest absolute Gasteiger partial charge is 0.481 e. The summed E-state index contributed by atoms with van der Waals surface area (Å²) in [6.45, 7) is 6.92. The number of benzene rings is 1. The van der Waals surface area contributed by atoms with Gasteiger partial charge >= 0.3 is 5.97 Å². The van der Waals surface area contributed by atoms with Crippen LogP contribution >= 0.6 is 11.3 Å². The maximum absolute atomic E-state index is 14.5. The van der Waals surface area contributed by atoms with E-state index in [1.807, 2.05) is 26.8 Å². The lowest BCUT2D eigenvalue weighted by atomic mass is 9.80. The van der Waals surface area contributed by atoms with Gasteiger partial charge in [-0.25, -0.2) is 13.8 Å². The zero-order valence-electron chi connectivity index (χ0n) is 21.5. The van der Waals surface area contributed by atoms with E-state index in [2.05, 4.69) is 5.32 Å². The van der Waals surface area contributed by atoms with Crippen LogP contribution in [0.3, 0.4) is 0 Å². The molecule has 2 fully saturated rings. The summed E-state index contributed by atoms with van der Waals surface area (Å²) in [5, 5.41) is 12.3. The molecule has 0 bridgehead atoms. The van der Waals surface area contributed by atoms with Crippen molar-refractivity contribution < 1.29 is 23.5 Å². The first kappa shape index (κ1) is 26.7. The zero-order chi connectivity index (χ0) is 26.3. The fraction of sp³-hybridized carbons (Fsp3) is 0.607. The maximum Gasteiger partial charge on any atom is 0.306 e. The predicted molar refractivity (Wildman–Crippen MR) is 138 cm³/mol. The van der Waals surface area contributed by atoms with Crippen LogP contribution in [-0.4, -0.2) is 28.0 Å². The molecule has 0 saturated heterocycles. The van der Waals surface area contributed by atoms with Crippen molar-refractivity contribution in [2.75, 3.05) is 0 Å². The molecule has 36 heavy (non-hydrogen) atoms. The first-order chi connectivity index (χ1) is 16.8. The van der Waals surface area contributed by atoms with E-state index in [0.29, 0.717) is 29.3 Å². The summed E-state index contributed by atoms with van der Waals surface area (Å²) in [4.78, 5) is 29.6. The van der Waals surface area contributed by atoms with Crippen molar-refractivity contribution >= 4 is 23.2 Å². The molecule has 0 unspecified atom stereocenters. The Labute approximate surface area is 215 Å². The molecule has 5 nitrogen and oxygen atoms in total. The Hall–Kier alpha value is -2.35. The number of thiazole rings is 1. The van der Waals surface area contributed by atoms with Crippen molar-refractivity contribution in [3.05, 3.63) is 40.0 Å². The van der Waals surface area contributed by atoms with Gasteiger partial charge in [-0.3, -0.25) is 9.59 Å². The van der Waals surface area contributed by atoms with E-state index < -0.39 is 17.8 Å². The number of aromatic nitrogens is 1. The molecule has 4 rings (SSSR count). The van der Waals surface area contributed by atoms with Gasteiger partial charge in [0.05, 0.1) is 16.5 Å². The fourth-order valence-electron chi connectivity index (χ4n) is 5.11. The summed E-state index contributed by atoms with van der Waals surface area (Å²) < 4.78 is 29.0. The highest BCUT2D eigenvalue weighted by Crippen LogP contribution is 2.40. The SMILES string of the molecule is CC(C)(C)c1cc(-c2sc(C(=O)N[C@H]3C[C@H](C(=O)O)C3)nc2CC2CCCCC2)cc(C(C)(F)F)c1. The van der Waals surface area contributed by atoms with E-state index >= 15 is 0 Å². The highest BCUT2D eigenvalue weighted by molar-refractivity contribution is 7.17. The number of aliphatic carboxylic acids is 1. The van der Waals surface area contributed by atoms with Crippen molar-refractivity contribution in [1.29, 1.82) is 0 Å². The van der Waals surface area contributed by atoms with Crippen molar-refractivity contribution in [1.82, 2.24) is 10.3 Å². The predicted octanol–water partition coefficient (Wildman–Crippen LogP) is 6.94. The van der Waals surface area contributed by atoms with E-state index in [1.54, 1.807) is 6.07 Å². The highest BCUT2D eigenvalue weighted by Gasteiger charge is 2.36. The highest BCUT2D eigenvalue weighted by atomic mass is 32.1. The molecule has 1 aromatic heterocycles. The van der Waals surface area contributed by atoms with Gasteiger partial charge in [0.25, 0.3) is 11.8 Å². The molecular weight excluding hydrogens is 482 g/mol. The van der Waals surface area contributed by atoms with Gasteiger partial charge in [-0.1, -0.05) is 52.9 Å². The lowest BCUT2D eigenvalue weighted by Gasteiger charge is -2.32. The number of rotatable bonds is 7. The molecule has 2 N–H and O–H groups in total. The first-order valence-electron chi connectivity index (χ1n) is 12.9. The van der Waals surface area contributed by atoms with Gasteiger partial charge in [-0.05, 0) is 59.9 Å². The number of carboxylic acids is 1. The normalized spacial score (nSPS) is 21.2. The number of nitrogens with one attached hydrogen (secondary N) is 1. The summed E-state index contributed by atoms with van der Waals surface area (Å²) >= 11 is 1.25. The fourth-order valence-corrected chi connectivity index (χ4v) is 6.09. The molecule has 2 aromatic rings. The smallest absolute Gasteiger partial charge is 0.306 e. The lowest BCUT2D eigenvalue weighted by Crippen LogP contribution is -2.46. The van der Waals surface area contributed by atoms with Gasteiger partial charge in [-0.15, -0.1) is 11.3 Å². The minimum absolute atomic E-state index is 0.0397. The average Bonchev–Trinajstić information content (AvgIpc) is 3.18. The van der Waals surface area contributed by atoms with Crippen molar-refractivity contribution in [3.8, 4) is 10.4 Å². The number of carboxylic acid groups (broad SMARTS) is 1. The standard InChI is InChI=1S/C28H36F2N2O3S/c1-27(2,3)19-11-17(12-20(15-19)28(4,29)30)23-22(10-16-8-6-5-7-9-16)32-25(36-23)24(33)31-21-13-18(14-21)26(34)35/h11-12,15-16,18,21H,5-10,13-14H2,1-4H3,(H,31,33)(H,34,35)/t18-,21-. The number of carbonyl (C=O) groups is 2. The van der Waals surface area contributed by atoms with Gasteiger partial charge in [-0.2, -0.15) is 0 Å². The summed E-state index contributed by atoms with van der Waals surface area (Å²) in [6, 6.07) is 4.90. The molecule has 2 aliphatic carbocycles. The molecule has 1 amide bonds. The Morgan fingerprint density at radius 2 is 1.69 bits per heavy atom. The summed E-state index contributed by atoms with van der Waals surface area (Å²) in [5.41, 5.74) is 1.92. The number of carbonyl (C=O) groups excluding carboxylic acids is 1. The van der Waals surface area contributed by atoms with Crippen LogP contribution < -0.4 is 5.32 Å². The van der Waals surface area contributed by atoms with E-state index in [9.17, 15) is 18.4 Å². The molecular formula is C28H36F2N2O3S. The topological polar surface area (TPSA) is 79.3 Å². The van der Waals surface area contributed by atoms with Gasteiger partial charge in [0.1, 0.15) is 0 Å². The van der Waals surface area contributed by atoms with Crippen molar-refractivity contribution in [2.45, 2.75) is 96.4 Å². The van der Waals surface area contributed by atoms with Crippen LogP contribution in [0.4, 0.5) is 8.78 Å². The molecule has 1 aromatic carbocycles. The Kier molecular flexibility index (Phi) is 7.56. The Morgan fingerprint density at radius 3 is 2.28 bits per heavy atom. The quantitative estimate of drug-likeness (QED) is 0.416. The van der Waals surface area contributed by atoms with Gasteiger partial charge in [0.15, 0.2) is 5.01 Å². The number of hydrogen-bond acceptors (Lipinski definition) is 4. The summed E-state index contributed by atoms with van der Waals surface area (Å²) in [6.07, 6.45) is 7.35. The van der Waals surface area contributed by atoms with Crippen LogP contribution in [0.15, 0.2) is 18.2 Å². The van der Waals surface area contributed by atoms with Crippen LogP contribution in [0.5, 0.6) is 0 Å². The van der Waals surface area contributed by atoms with E-state index in [4.69, 9.17) is 10.1 Å². The number of hydrogen-bond donors (Lipinski definition) is 2. The van der Waals surface area contributed by atoms with Crippen LogP contribution in [0, 0.1) is 11.8 Å². The molecule has 2 saturated carbocycles. The van der Waals surface area contributed by atoms with E-state index in [0.717, 1.165) is 42.3 Å². The van der Waals surface area contributed by atoms with Gasteiger partial charge in [0.2, 0.25) is 0 Å². The molecule has 0 spiro atoms. The first-order valence-corrected chi connectivity index (χ1v) is 13.7. The number of amides is 1. The third-order valence-electron chi connectivity index (χ3n) is 7.49. The minimum Gasteiger partial charge on any atom is -0.481 e. The lowest BCUT2D eigenvalue weighted by molar-refractivity contribution is -0.145. The number of alkyl halides is 2. The molecule has 0 aliphatic heterocycles. The second-order valence-corrected chi connectivity index (χ2v) is 12.6. The maximum atomic E-state index is 14.5. The number of nitrogens with zero attached hydrogens (tertiary/aromatic N) is 1. The summed E-state index contributed by atoms with van der Waals surface area (Å²) in [5.74, 6) is -4.10. The molecule has 1 heterocycles. The van der Waals surface area contributed by atoms with E-state index in [-0.39, 0.29) is 22.9 Å². The Balaban J connectivity index is 1.69. The minimum atomic E-state index is -2.99. The zero-order valence-corrected chi connectivity index (χ0v) is 22.3.